The van der Waals surface area contributed by atoms with Gasteiger partial charge in [-0.25, -0.2) is 4.39 Å². The number of halogens is 1. The van der Waals surface area contributed by atoms with E-state index >= 15 is 0 Å². The SMILES string of the molecule is F[C@H]1CN[C@@H](c2nc(C3CCCCC3)no2)C1. The highest BCUT2D eigenvalue weighted by Crippen LogP contribution is 2.32. The maximum Gasteiger partial charge on any atom is 0.243 e. The molecule has 2 atom stereocenters. The Hall–Kier alpha value is -0.970. The van der Waals surface area contributed by atoms with Gasteiger partial charge in [-0.1, -0.05) is 24.4 Å². The average Bonchev–Trinajstić information content (AvgIpc) is 2.98. The molecular weight excluding hydrogens is 221 g/mol. The zero-order valence-electron chi connectivity index (χ0n) is 9.86. The molecule has 0 bridgehead atoms. The van der Waals surface area contributed by atoms with Crippen molar-refractivity contribution in [2.24, 2.45) is 0 Å². The topological polar surface area (TPSA) is 51.0 Å². The Kier molecular flexibility index (Phi) is 3.09. The van der Waals surface area contributed by atoms with E-state index in [2.05, 4.69) is 15.5 Å². The molecule has 0 aromatic carbocycles. The van der Waals surface area contributed by atoms with E-state index in [4.69, 9.17) is 4.52 Å². The minimum Gasteiger partial charge on any atom is -0.338 e. The Bertz CT molecular complexity index is 356. The van der Waals surface area contributed by atoms with E-state index in [1.54, 1.807) is 0 Å². The summed E-state index contributed by atoms with van der Waals surface area (Å²) in [6.07, 6.45) is 5.79. The fourth-order valence-electron chi connectivity index (χ4n) is 2.80. The van der Waals surface area contributed by atoms with Crippen LogP contribution >= 0.6 is 0 Å². The van der Waals surface area contributed by atoms with E-state index in [9.17, 15) is 4.39 Å². The summed E-state index contributed by atoms with van der Waals surface area (Å²) in [4.78, 5) is 4.44. The summed E-state index contributed by atoms with van der Waals surface area (Å²) in [6, 6.07) is -0.0881. The molecule has 1 saturated heterocycles. The van der Waals surface area contributed by atoms with Crippen LogP contribution in [0.2, 0.25) is 0 Å². The fraction of sp³-hybridized carbons (Fsp3) is 0.833. The van der Waals surface area contributed by atoms with Gasteiger partial charge >= 0.3 is 0 Å². The first-order valence-electron chi connectivity index (χ1n) is 6.54. The van der Waals surface area contributed by atoms with Gasteiger partial charge in [-0.2, -0.15) is 4.98 Å². The molecule has 1 saturated carbocycles. The van der Waals surface area contributed by atoms with Gasteiger partial charge in [0.2, 0.25) is 5.89 Å². The van der Waals surface area contributed by atoms with Gasteiger partial charge in [0.25, 0.3) is 0 Å². The Morgan fingerprint density at radius 3 is 2.76 bits per heavy atom. The summed E-state index contributed by atoms with van der Waals surface area (Å²) in [7, 11) is 0. The molecule has 0 spiro atoms. The minimum absolute atomic E-state index is 0.0881. The van der Waals surface area contributed by atoms with Gasteiger partial charge < -0.3 is 9.84 Å². The number of alkyl halides is 1. The maximum atomic E-state index is 13.1. The zero-order valence-corrected chi connectivity index (χ0v) is 9.86. The first kappa shape index (κ1) is 11.1. The van der Waals surface area contributed by atoms with Crippen LogP contribution in [0.25, 0.3) is 0 Å². The Labute approximate surface area is 100.0 Å². The third-order valence-corrected chi connectivity index (χ3v) is 3.80. The molecule has 17 heavy (non-hydrogen) atoms. The highest BCUT2D eigenvalue weighted by molar-refractivity contribution is 5.01. The van der Waals surface area contributed by atoms with E-state index in [1.165, 1.54) is 19.3 Å². The molecular formula is C12H18FN3O. The Morgan fingerprint density at radius 2 is 2.06 bits per heavy atom. The largest absolute Gasteiger partial charge is 0.338 e. The first-order valence-corrected chi connectivity index (χ1v) is 6.54. The number of nitrogens with zero attached hydrogens (tertiary/aromatic N) is 2. The average molecular weight is 239 g/mol. The minimum atomic E-state index is -0.787. The van der Waals surface area contributed by atoms with Gasteiger partial charge in [0, 0.05) is 18.9 Å². The van der Waals surface area contributed by atoms with Crippen molar-refractivity contribution in [2.45, 2.75) is 56.7 Å². The van der Waals surface area contributed by atoms with Crippen molar-refractivity contribution in [1.29, 1.82) is 0 Å². The first-order chi connectivity index (χ1) is 8.33. The van der Waals surface area contributed by atoms with Crippen LogP contribution in [0, 0.1) is 0 Å². The molecule has 0 radical (unpaired) electrons. The van der Waals surface area contributed by atoms with Gasteiger partial charge in [-0.3, -0.25) is 0 Å². The van der Waals surface area contributed by atoms with Crippen LogP contribution in [0.5, 0.6) is 0 Å². The number of hydrogen-bond donors (Lipinski definition) is 1. The number of hydrogen-bond acceptors (Lipinski definition) is 4. The second-order valence-corrected chi connectivity index (χ2v) is 5.12. The van der Waals surface area contributed by atoms with Crippen molar-refractivity contribution in [2.75, 3.05) is 6.54 Å². The van der Waals surface area contributed by atoms with E-state index < -0.39 is 6.17 Å². The fourth-order valence-corrected chi connectivity index (χ4v) is 2.80. The molecule has 1 aromatic heterocycles. The maximum absolute atomic E-state index is 13.1. The molecule has 0 amide bonds. The van der Waals surface area contributed by atoms with Crippen molar-refractivity contribution in [3.63, 3.8) is 0 Å². The van der Waals surface area contributed by atoms with E-state index in [-0.39, 0.29) is 6.04 Å². The van der Waals surface area contributed by atoms with Crippen molar-refractivity contribution in [3.05, 3.63) is 11.7 Å². The smallest absolute Gasteiger partial charge is 0.243 e. The van der Waals surface area contributed by atoms with Crippen LogP contribution in [0.15, 0.2) is 4.52 Å². The zero-order chi connectivity index (χ0) is 11.7. The van der Waals surface area contributed by atoms with Gasteiger partial charge in [0.15, 0.2) is 5.82 Å². The van der Waals surface area contributed by atoms with Gasteiger partial charge in [-0.05, 0) is 12.8 Å². The van der Waals surface area contributed by atoms with Crippen molar-refractivity contribution < 1.29 is 8.91 Å². The van der Waals surface area contributed by atoms with Crippen LogP contribution in [0.1, 0.15) is 62.2 Å². The van der Waals surface area contributed by atoms with Crippen LogP contribution in [0.4, 0.5) is 4.39 Å². The Morgan fingerprint density at radius 1 is 1.24 bits per heavy atom. The van der Waals surface area contributed by atoms with Gasteiger partial charge in [0.05, 0.1) is 6.04 Å². The summed E-state index contributed by atoms with van der Waals surface area (Å²) in [5.74, 6) is 1.83. The number of nitrogens with one attached hydrogen (secondary N) is 1. The van der Waals surface area contributed by atoms with Crippen molar-refractivity contribution >= 4 is 0 Å². The quantitative estimate of drug-likeness (QED) is 0.861. The summed E-state index contributed by atoms with van der Waals surface area (Å²) in [6.45, 7) is 0.395. The molecule has 2 aliphatic rings. The highest BCUT2D eigenvalue weighted by Gasteiger charge is 2.30. The molecule has 0 unspecified atom stereocenters. The second-order valence-electron chi connectivity index (χ2n) is 5.12. The third-order valence-electron chi connectivity index (χ3n) is 3.80. The predicted molar refractivity (Wildman–Crippen MR) is 60.4 cm³/mol. The third kappa shape index (κ3) is 2.34. The molecule has 1 aliphatic heterocycles. The van der Waals surface area contributed by atoms with Crippen LogP contribution < -0.4 is 5.32 Å². The summed E-state index contributed by atoms with van der Waals surface area (Å²) in [5.41, 5.74) is 0. The van der Waals surface area contributed by atoms with Gasteiger partial charge in [0.1, 0.15) is 6.17 Å². The predicted octanol–water partition coefficient (Wildman–Crippen LogP) is 2.49. The van der Waals surface area contributed by atoms with Crippen LogP contribution in [0.3, 0.4) is 0 Å². The molecule has 1 aromatic rings. The molecule has 3 rings (SSSR count). The normalized spacial score (nSPS) is 30.9. The molecule has 4 nitrogen and oxygen atoms in total. The van der Waals surface area contributed by atoms with E-state index in [0.717, 1.165) is 18.7 Å². The lowest BCUT2D eigenvalue weighted by molar-refractivity contribution is 0.319. The highest BCUT2D eigenvalue weighted by atomic mass is 19.1. The second kappa shape index (κ2) is 4.72. The van der Waals surface area contributed by atoms with Crippen LogP contribution in [-0.4, -0.2) is 22.9 Å². The van der Waals surface area contributed by atoms with Crippen LogP contribution in [-0.2, 0) is 0 Å². The molecule has 94 valence electrons. The monoisotopic (exact) mass is 239 g/mol. The van der Waals surface area contributed by atoms with E-state index in [0.29, 0.717) is 24.8 Å². The van der Waals surface area contributed by atoms with E-state index in [1.807, 2.05) is 0 Å². The summed E-state index contributed by atoms with van der Waals surface area (Å²) < 4.78 is 18.3. The summed E-state index contributed by atoms with van der Waals surface area (Å²) in [5, 5.41) is 7.13. The molecule has 5 heteroatoms. The molecule has 2 fully saturated rings. The molecule has 2 heterocycles. The lowest BCUT2D eigenvalue weighted by atomic mass is 9.89. The van der Waals surface area contributed by atoms with Crippen molar-refractivity contribution in [3.8, 4) is 0 Å². The lowest BCUT2D eigenvalue weighted by Gasteiger charge is -2.17. The summed E-state index contributed by atoms with van der Waals surface area (Å²) >= 11 is 0. The Balaban J connectivity index is 1.69. The standard InChI is InChI=1S/C12H18FN3O/c13-9-6-10(14-7-9)12-15-11(16-17-12)8-4-2-1-3-5-8/h8-10,14H,1-7H2/t9-,10-/m1/s1. The molecule has 1 N–H and O–H groups in total. The van der Waals surface area contributed by atoms with Gasteiger partial charge in [-0.15, -0.1) is 0 Å². The molecule has 1 aliphatic carbocycles. The number of rotatable bonds is 2. The lowest BCUT2D eigenvalue weighted by Crippen LogP contribution is -2.14. The number of aromatic nitrogens is 2. The van der Waals surface area contributed by atoms with Crippen molar-refractivity contribution in [1.82, 2.24) is 15.5 Å².